The average molecular weight is 467 g/mol. The SMILES string of the molecule is CC(C)CCC[C@@H](C)[C@H]1CC[C@@]2(C=C3CC3)C3=CC[C@@H]4C(C)(C)[C@@H](O)CC[C@]4(C)[C@@H]3CC[C@]12C. The standard InChI is InChI=1S/C33H54O/c1-22(2)9-8-10-23(3)25-16-20-33(21-24-11-12-24)27-13-14-28-30(4,5)29(34)17-18-31(28,6)26(27)15-19-32(25,33)7/h13,21-23,25-26,28-29,34H,8-12,14-20H2,1-7H3/t23-,25-,26-,28-,29+,31-,32-,33-/m1/s1. The predicted molar refractivity (Wildman–Crippen MR) is 144 cm³/mol. The normalized spacial score (nSPS) is 45.8. The molecule has 5 aliphatic carbocycles. The Hall–Kier alpha value is -0.560. The van der Waals surface area contributed by atoms with E-state index in [-0.39, 0.29) is 11.5 Å². The quantitative estimate of drug-likeness (QED) is 0.387. The molecule has 0 aromatic heterocycles. The lowest BCUT2D eigenvalue weighted by Crippen LogP contribution is -2.58. The molecule has 0 unspecified atom stereocenters. The molecule has 192 valence electrons. The van der Waals surface area contributed by atoms with E-state index in [0.29, 0.717) is 22.2 Å². The average Bonchev–Trinajstić information content (AvgIpc) is 3.51. The molecule has 0 aromatic carbocycles. The van der Waals surface area contributed by atoms with Gasteiger partial charge in [-0.2, -0.15) is 0 Å². The minimum atomic E-state index is -0.139. The summed E-state index contributed by atoms with van der Waals surface area (Å²) in [6.07, 6.45) is 21.4. The Morgan fingerprint density at radius 1 is 0.971 bits per heavy atom. The van der Waals surface area contributed by atoms with Crippen LogP contribution in [0.2, 0.25) is 0 Å². The summed E-state index contributed by atoms with van der Waals surface area (Å²) in [6.45, 7) is 17.4. The lowest BCUT2D eigenvalue weighted by molar-refractivity contribution is -0.129. The zero-order chi connectivity index (χ0) is 24.5. The molecule has 0 radical (unpaired) electrons. The molecule has 8 atom stereocenters. The second kappa shape index (κ2) is 8.49. The van der Waals surface area contributed by atoms with Crippen LogP contribution in [0.4, 0.5) is 0 Å². The van der Waals surface area contributed by atoms with Crippen molar-refractivity contribution in [3.8, 4) is 0 Å². The molecule has 34 heavy (non-hydrogen) atoms. The highest BCUT2D eigenvalue weighted by Crippen LogP contribution is 2.74. The van der Waals surface area contributed by atoms with E-state index in [4.69, 9.17) is 0 Å². The number of aliphatic hydroxyl groups excluding tert-OH is 1. The first kappa shape index (κ1) is 25.1. The van der Waals surface area contributed by atoms with E-state index >= 15 is 0 Å². The highest BCUT2D eigenvalue weighted by molar-refractivity contribution is 5.41. The van der Waals surface area contributed by atoms with E-state index in [1.807, 2.05) is 5.57 Å². The van der Waals surface area contributed by atoms with Crippen molar-refractivity contribution in [3.05, 3.63) is 23.3 Å². The highest BCUT2D eigenvalue weighted by atomic mass is 16.3. The summed E-state index contributed by atoms with van der Waals surface area (Å²) in [5.41, 5.74) is 4.74. The monoisotopic (exact) mass is 466 g/mol. The minimum absolute atomic E-state index is 0.0288. The van der Waals surface area contributed by atoms with E-state index in [1.54, 1.807) is 5.57 Å². The van der Waals surface area contributed by atoms with Gasteiger partial charge in [0.2, 0.25) is 0 Å². The Bertz CT molecular complexity index is 841. The Morgan fingerprint density at radius 2 is 1.71 bits per heavy atom. The molecule has 0 amide bonds. The van der Waals surface area contributed by atoms with Crippen molar-refractivity contribution in [1.29, 1.82) is 0 Å². The fraction of sp³-hybridized carbons (Fsp3) is 0.879. The van der Waals surface area contributed by atoms with Crippen molar-refractivity contribution < 1.29 is 5.11 Å². The fourth-order valence-corrected chi connectivity index (χ4v) is 10.3. The second-order valence-electron chi connectivity index (χ2n) is 15.1. The van der Waals surface area contributed by atoms with Crippen LogP contribution < -0.4 is 0 Å². The van der Waals surface area contributed by atoms with Gasteiger partial charge in [-0.05, 0) is 104 Å². The third-order valence-electron chi connectivity index (χ3n) is 12.5. The fourth-order valence-electron chi connectivity index (χ4n) is 10.3. The van der Waals surface area contributed by atoms with E-state index in [1.165, 1.54) is 70.6 Å². The second-order valence-corrected chi connectivity index (χ2v) is 15.1. The maximum Gasteiger partial charge on any atom is 0.0594 e. The summed E-state index contributed by atoms with van der Waals surface area (Å²) in [5.74, 6) is 3.87. The Labute approximate surface area is 211 Å². The van der Waals surface area contributed by atoms with Crippen molar-refractivity contribution in [1.82, 2.24) is 0 Å². The van der Waals surface area contributed by atoms with Crippen LogP contribution in [-0.4, -0.2) is 11.2 Å². The van der Waals surface area contributed by atoms with Crippen LogP contribution in [0.3, 0.4) is 0 Å². The summed E-state index contributed by atoms with van der Waals surface area (Å²) in [6, 6.07) is 0. The molecule has 0 aliphatic heterocycles. The van der Waals surface area contributed by atoms with Gasteiger partial charge in [-0.25, -0.2) is 0 Å². The van der Waals surface area contributed by atoms with Crippen molar-refractivity contribution in [2.75, 3.05) is 0 Å². The molecule has 5 rings (SSSR count). The maximum absolute atomic E-state index is 10.9. The molecule has 4 fully saturated rings. The predicted octanol–water partition coefficient (Wildman–Crippen LogP) is 9.12. The number of hydrogen-bond donors (Lipinski definition) is 1. The summed E-state index contributed by atoms with van der Waals surface area (Å²) in [7, 11) is 0. The number of fused-ring (bicyclic) bond motifs is 5. The third kappa shape index (κ3) is 3.64. The molecule has 1 heteroatoms. The summed E-state index contributed by atoms with van der Waals surface area (Å²) >= 11 is 0. The zero-order valence-corrected chi connectivity index (χ0v) is 23.6. The zero-order valence-electron chi connectivity index (χ0n) is 23.6. The molecular formula is C33H54O. The maximum atomic E-state index is 10.9. The van der Waals surface area contributed by atoms with Crippen LogP contribution in [0.25, 0.3) is 0 Å². The minimum Gasteiger partial charge on any atom is -0.393 e. The number of allylic oxidation sites excluding steroid dienone is 4. The van der Waals surface area contributed by atoms with E-state index in [9.17, 15) is 5.11 Å². The Morgan fingerprint density at radius 3 is 2.38 bits per heavy atom. The van der Waals surface area contributed by atoms with Crippen molar-refractivity contribution in [3.63, 3.8) is 0 Å². The summed E-state index contributed by atoms with van der Waals surface area (Å²) in [4.78, 5) is 0. The molecule has 0 saturated heterocycles. The van der Waals surface area contributed by atoms with Gasteiger partial charge < -0.3 is 5.11 Å². The topological polar surface area (TPSA) is 20.2 Å². The van der Waals surface area contributed by atoms with Crippen LogP contribution >= 0.6 is 0 Å². The van der Waals surface area contributed by atoms with Crippen molar-refractivity contribution in [2.24, 2.45) is 51.2 Å². The lowest BCUT2D eigenvalue weighted by atomic mass is 9.40. The van der Waals surface area contributed by atoms with Crippen molar-refractivity contribution in [2.45, 2.75) is 132 Å². The number of hydrogen-bond acceptors (Lipinski definition) is 1. The van der Waals surface area contributed by atoms with Gasteiger partial charge in [0.1, 0.15) is 0 Å². The molecule has 5 aliphatic rings. The van der Waals surface area contributed by atoms with Gasteiger partial charge in [-0.3, -0.25) is 0 Å². The van der Waals surface area contributed by atoms with Gasteiger partial charge in [-0.15, -0.1) is 0 Å². The lowest BCUT2D eigenvalue weighted by Gasteiger charge is -2.64. The van der Waals surface area contributed by atoms with E-state index in [2.05, 4.69) is 60.6 Å². The first-order valence-corrected chi connectivity index (χ1v) is 15.0. The first-order valence-electron chi connectivity index (χ1n) is 15.0. The van der Waals surface area contributed by atoms with Crippen LogP contribution in [-0.2, 0) is 0 Å². The Balaban J connectivity index is 1.50. The smallest absolute Gasteiger partial charge is 0.0594 e. The molecule has 1 nitrogen and oxygen atoms in total. The van der Waals surface area contributed by atoms with Gasteiger partial charge >= 0.3 is 0 Å². The Kier molecular flexibility index (Phi) is 6.27. The van der Waals surface area contributed by atoms with E-state index in [0.717, 1.165) is 30.1 Å². The van der Waals surface area contributed by atoms with E-state index < -0.39 is 0 Å². The molecular weight excluding hydrogens is 412 g/mol. The van der Waals surface area contributed by atoms with Gasteiger partial charge in [0.05, 0.1) is 6.10 Å². The molecule has 4 saturated carbocycles. The van der Waals surface area contributed by atoms with Gasteiger partial charge in [0.15, 0.2) is 0 Å². The number of aliphatic hydroxyl groups is 1. The van der Waals surface area contributed by atoms with Crippen LogP contribution in [0.15, 0.2) is 23.3 Å². The number of rotatable bonds is 6. The van der Waals surface area contributed by atoms with Crippen LogP contribution in [0, 0.1) is 51.2 Å². The van der Waals surface area contributed by atoms with Crippen LogP contribution in [0.1, 0.15) is 126 Å². The summed E-state index contributed by atoms with van der Waals surface area (Å²) < 4.78 is 0. The molecule has 0 heterocycles. The van der Waals surface area contributed by atoms with Gasteiger partial charge in [0, 0.05) is 5.41 Å². The van der Waals surface area contributed by atoms with Gasteiger partial charge in [-0.1, -0.05) is 91.0 Å². The summed E-state index contributed by atoms with van der Waals surface area (Å²) in [5, 5.41) is 10.9. The van der Waals surface area contributed by atoms with Crippen LogP contribution in [0.5, 0.6) is 0 Å². The largest absolute Gasteiger partial charge is 0.393 e. The molecule has 0 spiro atoms. The molecule has 0 aromatic rings. The van der Waals surface area contributed by atoms with Gasteiger partial charge in [0.25, 0.3) is 0 Å². The molecule has 1 N–H and O–H groups in total. The highest BCUT2D eigenvalue weighted by Gasteiger charge is 2.66. The van der Waals surface area contributed by atoms with Crippen molar-refractivity contribution >= 4 is 0 Å². The molecule has 0 bridgehead atoms. The first-order chi connectivity index (χ1) is 16.0. The third-order valence-corrected chi connectivity index (χ3v) is 12.5.